The molecule has 2 rings (SSSR count). The van der Waals surface area contributed by atoms with Crippen LogP contribution in [-0.2, 0) is 4.79 Å². The van der Waals surface area contributed by atoms with E-state index in [9.17, 15) is 4.79 Å². The van der Waals surface area contributed by atoms with E-state index < -0.39 is 0 Å². The fourth-order valence-corrected chi connectivity index (χ4v) is 3.11. The molecule has 2 heterocycles. The summed E-state index contributed by atoms with van der Waals surface area (Å²) in [7, 11) is 0. The van der Waals surface area contributed by atoms with Crippen LogP contribution in [0.2, 0.25) is 0 Å². The van der Waals surface area contributed by atoms with Crippen molar-refractivity contribution in [1.82, 2.24) is 15.3 Å². The molecule has 1 N–H and O–H groups in total. The first-order valence-electron chi connectivity index (χ1n) is 7.63. The van der Waals surface area contributed by atoms with E-state index >= 15 is 0 Å². The predicted molar refractivity (Wildman–Crippen MR) is 87.2 cm³/mol. The van der Waals surface area contributed by atoms with E-state index in [0.29, 0.717) is 6.04 Å². The molecule has 21 heavy (non-hydrogen) atoms. The Kier molecular flexibility index (Phi) is 5.96. The van der Waals surface area contributed by atoms with E-state index in [2.05, 4.69) is 50.0 Å². The number of piperidine rings is 1. The lowest BCUT2D eigenvalue weighted by molar-refractivity contribution is -0.125. The zero-order valence-corrected chi connectivity index (χ0v) is 14.3. The van der Waals surface area contributed by atoms with Gasteiger partial charge in [-0.05, 0) is 42.1 Å². The number of nitrogens with one attached hydrogen (secondary N) is 1. The standard InChI is InChI=1S/C15H23BrN4O/c1-3-4-7-18-15(21)12-6-5-11(2)20(9-12)14-13(16)8-17-10-19-14/h8,10-12H,3-7,9H2,1-2H3,(H,18,21). The molecule has 0 spiro atoms. The molecule has 0 saturated carbocycles. The number of aromatic nitrogens is 2. The van der Waals surface area contributed by atoms with E-state index in [4.69, 9.17) is 0 Å². The van der Waals surface area contributed by atoms with Gasteiger partial charge in [0.2, 0.25) is 5.91 Å². The Morgan fingerprint density at radius 2 is 2.33 bits per heavy atom. The normalized spacial score (nSPS) is 22.1. The van der Waals surface area contributed by atoms with Crippen molar-refractivity contribution in [2.24, 2.45) is 5.92 Å². The van der Waals surface area contributed by atoms with Crippen molar-refractivity contribution in [1.29, 1.82) is 0 Å². The number of carbonyl (C=O) groups is 1. The van der Waals surface area contributed by atoms with Crippen LogP contribution in [0.25, 0.3) is 0 Å². The average molecular weight is 355 g/mol. The van der Waals surface area contributed by atoms with Gasteiger partial charge in [-0.2, -0.15) is 0 Å². The van der Waals surface area contributed by atoms with E-state index in [0.717, 1.165) is 49.1 Å². The molecule has 1 fully saturated rings. The number of hydrogen-bond donors (Lipinski definition) is 1. The first-order chi connectivity index (χ1) is 10.1. The fraction of sp³-hybridized carbons (Fsp3) is 0.667. The summed E-state index contributed by atoms with van der Waals surface area (Å²) in [4.78, 5) is 22.8. The lowest BCUT2D eigenvalue weighted by Crippen LogP contribution is -2.47. The van der Waals surface area contributed by atoms with Crippen LogP contribution in [-0.4, -0.2) is 35.0 Å². The molecule has 116 valence electrons. The SMILES string of the molecule is CCCCNC(=O)C1CCC(C)N(c2ncncc2Br)C1. The van der Waals surface area contributed by atoms with Gasteiger partial charge in [0.05, 0.1) is 10.4 Å². The molecule has 5 nitrogen and oxygen atoms in total. The third-order valence-corrected chi connectivity index (χ3v) is 4.56. The van der Waals surface area contributed by atoms with Gasteiger partial charge in [0, 0.05) is 25.3 Å². The summed E-state index contributed by atoms with van der Waals surface area (Å²) in [6, 6.07) is 0.385. The lowest BCUT2D eigenvalue weighted by Gasteiger charge is -2.38. The molecule has 6 heteroatoms. The summed E-state index contributed by atoms with van der Waals surface area (Å²) in [6.45, 7) is 5.80. The van der Waals surface area contributed by atoms with Gasteiger partial charge in [0.15, 0.2) is 0 Å². The number of anilines is 1. The van der Waals surface area contributed by atoms with Crippen LogP contribution in [0.15, 0.2) is 17.0 Å². The average Bonchev–Trinajstić information content (AvgIpc) is 2.49. The highest BCUT2D eigenvalue weighted by Crippen LogP contribution is 2.30. The van der Waals surface area contributed by atoms with Crippen LogP contribution in [0.3, 0.4) is 0 Å². The third-order valence-electron chi connectivity index (χ3n) is 4.00. The van der Waals surface area contributed by atoms with E-state index in [-0.39, 0.29) is 11.8 Å². The summed E-state index contributed by atoms with van der Waals surface area (Å²) in [5.74, 6) is 1.09. The molecule has 0 aliphatic carbocycles. The highest BCUT2D eigenvalue weighted by Gasteiger charge is 2.31. The largest absolute Gasteiger partial charge is 0.356 e. The second kappa shape index (κ2) is 7.73. The first-order valence-corrected chi connectivity index (χ1v) is 8.42. The Morgan fingerprint density at radius 1 is 1.52 bits per heavy atom. The maximum atomic E-state index is 12.3. The molecule has 1 aromatic heterocycles. The number of carbonyl (C=O) groups excluding carboxylic acids is 1. The van der Waals surface area contributed by atoms with Gasteiger partial charge >= 0.3 is 0 Å². The summed E-state index contributed by atoms with van der Waals surface area (Å²) >= 11 is 3.50. The fourth-order valence-electron chi connectivity index (χ4n) is 2.67. The van der Waals surface area contributed by atoms with Crippen LogP contribution in [0.4, 0.5) is 5.82 Å². The highest BCUT2D eigenvalue weighted by molar-refractivity contribution is 9.10. The van der Waals surface area contributed by atoms with Crippen molar-refractivity contribution in [3.05, 3.63) is 17.0 Å². The van der Waals surface area contributed by atoms with Gasteiger partial charge in [-0.1, -0.05) is 13.3 Å². The summed E-state index contributed by atoms with van der Waals surface area (Å²) < 4.78 is 0.879. The Hall–Kier alpha value is -1.17. The van der Waals surface area contributed by atoms with Gasteiger partial charge < -0.3 is 10.2 Å². The zero-order valence-electron chi connectivity index (χ0n) is 12.7. The van der Waals surface area contributed by atoms with Crippen LogP contribution in [0.1, 0.15) is 39.5 Å². The van der Waals surface area contributed by atoms with E-state index in [1.165, 1.54) is 0 Å². The van der Waals surface area contributed by atoms with Crippen molar-refractivity contribution in [2.75, 3.05) is 18.0 Å². The number of amides is 1. The molecule has 0 radical (unpaired) electrons. The van der Waals surface area contributed by atoms with Crippen LogP contribution >= 0.6 is 15.9 Å². The minimum Gasteiger partial charge on any atom is -0.356 e. The summed E-state index contributed by atoms with van der Waals surface area (Å²) in [5, 5.41) is 3.04. The number of unbranched alkanes of at least 4 members (excludes halogenated alkanes) is 1. The maximum Gasteiger partial charge on any atom is 0.224 e. The Bertz CT molecular complexity index is 482. The molecule has 0 bridgehead atoms. The Labute approximate surface area is 134 Å². The first kappa shape index (κ1) is 16.2. The molecule has 1 aliphatic heterocycles. The Balaban J connectivity index is 2.02. The molecular formula is C15H23BrN4O. The van der Waals surface area contributed by atoms with Gasteiger partial charge in [-0.25, -0.2) is 9.97 Å². The number of hydrogen-bond acceptors (Lipinski definition) is 4. The van der Waals surface area contributed by atoms with Crippen LogP contribution in [0.5, 0.6) is 0 Å². The van der Waals surface area contributed by atoms with Crippen LogP contribution in [0, 0.1) is 5.92 Å². The second-order valence-corrected chi connectivity index (χ2v) is 6.47. The van der Waals surface area contributed by atoms with Crippen molar-refractivity contribution in [2.45, 2.75) is 45.6 Å². The minimum atomic E-state index is 0.0416. The molecule has 2 atom stereocenters. The van der Waals surface area contributed by atoms with Crippen molar-refractivity contribution >= 4 is 27.7 Å². The van der Waals surface area contributed by atoms with Crippen LogP contribution < -0.4 is 10.2 Å². The van der Waals surface area contributed by atoms with Crippen molar-refractivity contribution in [3.63, 3.8) is 0 Å². The number of halogens is 1. The van der Waals surface area contributed by atoms with Crippen molar-refractivity contribution < 1.29 is 4.79 Å². The third kappa shape index (κ3) is 4.15. The predicted octanol–water partition coefficient (Wildman–Crippen LogP) is 2.76. The lowest BCUT2D eigenvalue weighted by atomic mass is 9.92. The Morgan fingerprint density at radius 3 is 3.05 bits per heavy atom. The van der Waals surface area contributed by atoms with E-state index in [1.54, 1.807) is 12.5 Å². The number of nitrogens with zero attached hydrogens (tertiary/aromatic N) is 3. The zero-order chi connectivity index (χ0) is 15.2. The maximum absolute atomic E-state index is 12.3. The van der Waals surface area contributed by atoms with Crippen molar-refractivity contribution in [3.8, 4) is 0 Å². The highest BCUT2D eigenvalue weighted by atomic mass is 79.9. The van der Waals surface area contributed by atoms with E-state index in [1.807, 2.05) is 0 Å². The number of rotatable bonds is 5. The molecule has 2 unspecified atom stereocenters. The smallest absolute Gasteiger partial charge is 0.224 e. The molecule has 1 amide bonds. The topological polar surface area (TPSA) is 58.1 Å². The molecular weight excluding hydrogens is 332 g/mol. The minimum absolute atomic E-state index is 0.0416. The van der Waals surface area contributed by atoms with Gasteiger partial charge in [-0.3, -0.25) is 4.79 Å². The second-order valence-electron chi connectivity index (χ2n) is 5.61. The molecule has 1 aromatic rings. The van der Waals surface area contributed by atoms with Gasteiger partial charge in [0.1, 0.15) is 12.1 Å². The summed E-state index contributed by atoms with van der Waals surface area (Å²) in [5.41, 5.74) is 0. The molecule has 0 aromatic carbocycles. The monoisotopic (exact) mass is 354 g/mol. The van der Waals surface area contributed by atoms with Gasteiger partial charge in [-0.15, -0.1) is 0 Å². The van der Waals surface area contributed by atoms with Gasteiger partial charge in [0.25, 0.3) is 0 Å². The molecule has 1 aliphatic rings. The molecule has 1 saturated heterocycles. The quantitative estimate of drug-likeness (QED) is 0.826. The summed E-state index contributed by atoms with van der Waals surface area (Å²) in [6.07, 6.45) is 7.39.